The molecule has 4 rings (SSSR count). The molecule has 3 aromatic heterocycles. The predicted octanol–water partition coefficient (Wildman–Crippen LogP) is 4.77. The summed E-state index contributed by atoms with van der Waals surface area (Å²) in [7, 11) is 0. The van der Waals surface area contributed by atoms with E-state index < -0.39 is 16.6 Å². The van der Waals surface area contributed by atoms with Gasteiger partial charge < -0.3 is 14.9 Å². The van der Waals surface area contributed by atoms with Crippen molar-refractivity contribution in [3.05, 3.63) is 91.8 Å². The van der Waals surface area contributed by atoms with Crippen LogP contribution in [0.1, 0.15) is 29.4 Å². The lowest BCUT2D eigenvalue weighted by atomic mass is 10.1. The zero-order chi connectivity index (χ0) is 23.5. The topological polar surface area (TPSA) is 101 Å². The second-order valence-electron chi connectivity index (χ2n) is 7.36. The Balaban J connectivity index is 1.67. The van der Waals surface area contributed by atoms with E-state index in [0.717, 1.165) is 23.5 Å². The van der Waals surface area contributed by atoms with Gasteiger partial charge in [-0.15, -0.1) is 0 Å². The van der Waals surface area contributed by atoms with Gasteiger partial charge in [-0.1, -0.05) is 0 Å². The van der Waals surface area contributed by atoms with E-state index in [1.54, 1.807) is 10.7 Å². The first-order chi connectivity index (χ1) is 15.8. The summed E-state index contributed by atoms with van der Waals surface area (Å²) in [6, 6.07) is 7.71. The van der Waals surface area contributed by atoms with Gasteiger partial charge in [0.25, 0.3) is 0 Å². The Morgan fingerprint density at radius 3 is 2.79 bits per heavy atom. The minimum Gasteiger partial charge on any atom is -0.481 e. The maximum Gasteiger partial charge on any atom is 0.406 e. The molecule has 4 aromatic rings. The van der Waals surface area contributed by atoms with Crippen LogP contribution < -0.4 is 4.74 Å². The van der Waals surface area contributed by atoms with Gasteiger partial charge in [-0.2, -0.15) is 10.2 Å². The average Bonchev–Trinajstić information content (AvgIpc) is 3.38. The number of nitrogens with zero attached hydrogens (tertiary/aromatic N) is 6. The molecule has 1 aromatic carbocycles. The van der Waals surface area contributed by atoms with Gasteiger partial charge in [0.1, 0.15) is 12.4 Å². The number of hydrogen-bond acceptors (Lipinski definition) is 6. The lowest BCUT2D eigenvalue weighted by Gasteiger charge is -2.14. The molecule has 0 aliphatic carbocycles. The van der Waals surface area contributed by atoms with Gasteiger partial charge in [0, 0.05) is 36.5 Å². The Morgan fingerprint density at radius 1 is 1.24 bits per heavy atom. The summed E-state index contributed by atoms with van der Waals surface area (Å²) in [6.07, 6.45) is 5.68. The van der Waals surface area contributed by atoms with E-state index in [2.05, 4.69) is 31.1 Å². The van der Waals surface area contributed by atoms with Crippen molar-refractivity contribution in [1.29, 1.82) is 0 Å². The van der Waals surface area contributed by atoms with Crippen molar-refractivity contribution in [2.45, 2.75) is 33.4 Å². The van der Waals surface area contributed by atoms with Crippen molar-refractivity contribution in [1.82, 2.24) is 24.5 Å². The first-order valence-electron chi connectivity index (χ1n) is 10.1. The monoisotopic (exact) mass is 514 g/mol. The highest BCUT2D eigenvalue weighted by atomic mass is 79.9. The van der Waals surface area contributed by atoms with Crippen LogP contribution in [0.3, 0.4) is 0 Å². The quantitative estimate of drug-likeness (QED) is 0.248. The Morgan fingerprint density at radius 2 is 2.06 bits per heavy atom. The molecule has 0 amide bonds. The highest BCUT2D eigenvalue weighted by molar-refractivity contribution is 9.10. The van der Waals surface area contributed by atoms with E-state index >= 15 is 0 Å². The number of rotatable bonds is 8. The molecule has 33 heavy (non-hydrogen) atoms. The van der Waals surface area contributed by atoms with E-state index in [9.17, 15) is 14.5 Å². The number of halogens is 2. The fourth-order valence-corrected chi connectivity index (χ4v) is 3.77. The average molecular weight is 515 g/mol. The van der Waals surface area contributed by atoms with Crippen LogP contribution in [0, 0.1) is 22.9 Å². The highest BCUT2D eigenvalue weighted by Crippen LogP contribution is 2.29. The standard InChI is InChI=1S/C22H20BrFN6O3/c1-3-28-12-15(10-26-28)7-19-6-14(2)27-29(19)20-5-4-18(24)8-16(20)13-33-21-9-17(23)11-25-22(21)30(31)32/h4-6,8-12H,3,7,13H2,1-2H3. The summed E-state index contributed by atoms with van der Waals surface area (Å²) in [5.74, 6) is -0.887. The van der Waals surface area contributed by atoms with Crippen molar-refractivity contribution < 1.29 is 14.1 Å². The van der Waals surface area contributed by atoms with Crippen molar-refractivity contribution >= 4 is 21.7 Å². The Kier molecular flexibility index (Phi) is 6.50. The van der Waals surface area contributed by atoms with Crippen LogP contribution in [0.15, 0.2) is 53.4 Å². The van der Waals surface area contributed by atoms with Crippen LogP contribution in [0.2, 0.25) is 0 Å². The zero-order valence-electron chi connectivity index (χ0n) is 17.9. The molecule has 0 radical (unpaired) electrons. The van der Waals surface area contributed by atoms with Crippen LogP contribution in [0.4, 0.5) is 10.2 Å². The SMILES string of the molecule is CCn1cc(Cc2cc(C)nn2-c2ccc(F)cc2COc2cc(Br)cnc2[N+](=O)[O-])cn1. The smallest absolute Gasteiger partial charge is 0.406 e. The van der Waals surface area contributed by atoms with Gasteiger partial charge in [0.15, 0.2) is 6.20 Å². The number of ether oxygens (including phenoxy) is 1. The molecule has 0 spiro atoms. The molecule has 0 N–H and O–H groups in total. The Hall–Kier alpha value is -3.60. The third kappa shape index (κ3) is 5.08. The summed E-state index contributed by atoms with van der Waals surface area (Å²) in [5, 5.41) is 20.2. The number of aromatic nitrogens is 5. The summed E-state index contributed by atoms with van der Waals surface area (Å²) in [4.78, 5) is 14.5. The molecule has 11 heteroatoms. The largest absolute Gasteiger partial charge is 0.481 e. The molecule has 170 valence electrons. The van der Waals surface area contributed by atoms with Crippen molar-refractivity contribution in [3.8, 4) is 11.4 Å². The minimum atomic E-state index is -0.625. The first kappa shape index (κ1) is 22.6. The number of hydrogen-bond donors (Lipinski definition) is 0. The normalized spacial score (nSPS) is 11.0. The molecule has 0 unspecified atom stereocenters. The highest BCUT2D eigenvalue weighted by Gasteiger charge is 2.19. The summed E-state index contributed by atoms with van der Waals surface area (Å²) >= 11 is 3.24. The number of pyridine rings is 1. The molecule has 0 saturated carbocycles. The van der Waals surface area contributed by atoms with E-state index in [0.29, 0.717) is 22.1 Å². The molecule has 9 nitrogen and oxygen atoms in total. The van der Waals surface area contributed by atoms with Crippen molar-refractivity contribution in [3.63, 3.8) is 0 Å². The van der Waals surface area contributed by atoms with Crippen LogP contribution in [0.25, 0.3) is 5.69 Å². The fraction of sp³-hybridized carbons (Fsp3) is 0.227. The molecule has 0 saturated heterocycles. The molecule has 0 aliphatic heterocycles. The van der Waals surface area contributed by atoms with E-state index in [4.69, 9.17) is 4.74 Å². The third-order valence-corrected chi connectivity index (χ3v) is 5.36. The van der Waals surface area contributed by atoms with Crippen molar-refractivity contribution in [2.75, 3.05) is 0 Å². The summed E-state index contributed by atoms with van der Waals surface area (Å²) < 4.78 is 24.0. The summed E-state index contributed by atoms with van der Waals surface area (Å²) in [6.45, 7) is 4.55. The summed E-state index contributed by atoms with van der Waals surface area (Å²) in [5.41, 5.74) is 3.82. The van der Waals surface area contributed by atoms with E-state index in [1.807, 2.05) is 37.0 Å². The van der Waals surface area contributed by atoms with Gasteiger partial charge in [0.05, 0.1) is 22.1 Å². The van der Waals surface area contributed by atoms with Gasteiger partial charge in [0.2, 0.25) is 5.75 Å². The molecule has 3 heterocycles. The van der Waals surface area contributed by atoms with Gasteiger partial charge in [-0.25, -0.2) is 9.07 Å². The van der Waals surface area contributed by atoms with Crippen LogP contribution in [-0.2, 0) is 19.6 Å². The Bertz CT molecular complexity index is 1320. The molecule has 0 fully saturated rings. The lowest BCUT2D eigenvalue weighted by Crippen LogP contribution is -2.09. The van der Waals surface area contributed by atoms with Crippen LogP contribution >= 0.6 is 15.9 Å². The number of benzene rings is 1. The van der Waals surface area contributed by atoms with Crippen LogP contribution in [-0.4, -0.2) is 29.5 Å². The van der Waals surface area contributed by atoms with Gasteiger partial charge in [-0.3, -0.25) is 4.68 Å². The molecular formula is C22H20BrFN6O3. The van der Waals surface area contributed by atoms with Gasteiger partial charge in [-0.05, 0) is 69.5 Å². The minimum absolute atomic E-state index is 0.0200. The molecule has 0 bridgehead atoms. The van der Waals surface area contributed by atoms with Crippen LogP contribution in [0.5, 0.6) is 5.75 Å². The maximum atomic E-state index is 14.1. The predicted molar refractivity (Wildman–Crippen MR) is 122 cm³/mol. The second-order valence-corrected chi connectivity index (χ2v) is 8.28. The first-order valence-corrected chi connectivity index (χ1v) is 10.9. The van der Waals surface area contributed by atoms with E-state index in [1.165, 1.54) is 24.4 Å². The molecule has 0 atom stereocenters. The van der Waals surface area contributed by atoms with E-state index in [-0.39, 0.29) is 12.4 Å². The maximum absolute atomic E-state index is 14.1. The van der Waals surface area contributed by atoms with Crippen molar-refractivity contribution in [2.24, 2.45) is 0 Å². The molecule has 0 aliphatic rings. The zero-order valence-corrected chi connectivity index (χ0v) is 19.5. The lowest BCUT2D eigenvalue weighted by molar-refractivity contribution is -0.390. The number of nitro groups is 1. The third-order valence-electron chi connectivity index (χ3n) is 4.93. The fourth-order valence-electron chi connectivity index (χ4n) is 3.46. The second kappa shape index (κ2) is 9.49. The molecular weight excluding hydrogens is 495 g/mol. The Labute approximate surface area is 197 Å². The van der Waals surface area contributed by atoms with Gasteiger partial charge >= 0.3 is 5.82 Å². The number of aryl methyl sites for hydroxylation is 2.